The molecule has 0 amide bonds. The van der Waals surface area contributed by atoms with Crippen molar-refractivity contribution in [2.24, 2.45) is 5.10 Å². The minimum atomic E-state index is 0.373. The van der Waals surface area contributed by atoms with E-state index in [0.29, 0.717) is 21.8 Å². The number of aromatic nitrogens is 2. The third-order valence-electron chi connectivity index (χ3n) is 2.09. The second kappa shape index (κ2) is 5.80. The molecule has 18 heavy (non-hydrogen) atoms. The number of benzene rings is 1. The quantitative estimate of drug-likeness (QED) is 0.532. The Labute approximate surface area is 115 Å². The highest BCUT2D eigenvalue weighted by molar-refractivity contribution is 6.33. The number of rotatable bonds is 3. The fourth-order valence-corrected chi connectivity index (χ4v) is 1.75. The van der Waals surface area contributed by atoms with Crippen molar-refractivity contribution >= 4 is 35.2 Å². The van der Waals surface area contributed by atoms with Crippen LogP contribution in [0.5, 0.6) is 0 Å². The molecule has 1 heterocycles. The average molecular weight is 281 g/mol. The molecule has 1 aromatic carbocycles. The zero-order valence-corrected chi connectivity index (χ0v) is 11.1. The molecule has 0 aliphatic heterocycles. The maximum Gasteiger partial charge on any atom is 0.151 e. The summed E-state index contributed by atoms with van der Waals surface area (Å²) in [5.74, 6) is 1.12. The number of hydrogen-bond acceptors (Lipinski definition) is 4. The minimum Gasteiger partial charge on any atom is -0.261 e. The van der Waals surface area contributed by atoms with E-state index in [1.165, 1.54) is 0 Å². The van der Waals surface area contributed by atoms with E-state index in [1.54, 1.807) is 25.3 Å². The van der Waals surface area contributed by atoms with Crippen LogP contribution in [-0.2, 0) is 0 Å². The first-order valence-corrected chi connectivity index (χ1v) is 5.95. The summed E-state index contributed by atoms with van der Waals surface area (Å²) in [5.41, 5.74) is 3.60. The first-order chi connectivity index (χ1) is 8.65. The molecule has 0 radical (unpaired) electrons. The lowest BCUT2D eigenvalue weighted by molar-refractivity contribution is 1.04. The molecule has 0 saturated carbocycles. The van der Waals surface area contributed by atoms with Crippen molar-refractivity contribution in [2.75, 3.05) is 5.43 Å². The van der Waals surface area contributed by atoms with Gasteiger partial charge in [0.15, 0.2) is 5.82 Å². The second-order valence-electron chi connectivity index (χ2n) is 3.51. The molecule has 92 valence electrons. The molecule has 1 aromatic heterocycles. The minimum absolute atomic E-state index is 0.373. The van der Waals surface area contributed by atoms with E-state index in [0.717, 1.165) is 5.56 Å². The predicted molar refractivity (Wildman–Crippen MR) is 74.4 cm³/mol. The third-order valence-corrected chi connectivity index (χ3v) is 2.63. The predicted octanol–water partition coefficient (Wildman–Crippen LogP) is 3.54. The largest absolute Gasteiger partial charge is 0.261 e. The van der Waals surface area contributed by atoms with Gasteiger partial charge in [0.2, 0.25) is 0 Å². The van der Waals surface area contributed by atoms with Gasteiger partial charge >= 0.3 is 0 Å². The molecule has 0 atom stereocenters. The highest BCUT2D eigenvalue weighted by Crippen LogP contribution is 2.13. The molecule has 0 aliphatic rings. The van der Waals surface area contributed by atoms with Crippen molar-refractivity contribution in [2.45, 2.75) is 6.92 Å². The van der Waals surface area contributed by atoms with E-state index in [2.05, 4.69) is 20.5 Å². The molecular weight excluding hydrogens is 271 g/mol. The van der Waals surface area contributed by atoms with Gasteiger partial charge < -0.3 is 0 Å². The van der Waals surface area contributed by atoms with Gasteiger partial charge in [0.25, 0.3) is 0 Å². The van der Waals surface area contributed by atoms with Gasteiger partial charge in [-0.2, -0.15) is 5.10 Å². The van der Waals surface area contributed by atoms with Crippen LogP contribution in [0.4, 0.5) is 5.82 Å². The Kier molecular flexibility index (Phi) is 4.12. The zero-order chi connectivity index (χ0) is 13.0. The molecular formula is C12H10Cl2N4. The molecule has 0 fully saturated rings. The summed E-state index contributed by atoms with van der Waals surface area (Å²) in [4.78, 5) is 8.09. The molecule has 2 rings (SSSR count). The Bertz CT molecular complexity index is 564. The fourth-order valence-electron chi connectivity index (χ4n) is 1.34. The Morgan fingerprint density at radius 2 is 2.00 bits per heavy atom. The van der Waals surface area contributed by atoms with Crippen molar-refractivity contribution in [3.05, 3.63) is 51.9 Å². The zero-order valence-electron chi connectivity index (χ0n) is 9.56. The first-order valence-electron chi connectivity index (χ1n) is 5.20. The third kappa shape index (κ3) is 3.42. The number of nitrogens with zero attached hydrogens (tertiary/aromatic N) is 3. The topological polar surface area (TPSA) is 50.2 Å². The number of aryl methyl sites for hydroxylation is 1. The van der Waals surface area contributed by atoms with Crippen molar-refractivity contribution in [3.8, 4) is 0 Å². The first kappa shape index (κ1) is 12.8. The molecule has 4 nitrogen and oxygen atoms in total. The van der Waals surface area contributed by atoms with Crippen molar-refractivity contribution < 1.29 is 0 Å². The van der Waals surface area contributed by atoms with E-state index in [-0.39, 0.29) is 0 Å². The molecule has 2 aromatic rings. The van der Waals surface area contributed by atoms with Crippen LogP contribution in [0.15, 0.2) is 35.4 Å². The fraction of sp³-hybridized carbons (Fsp3) is 0.0833. The normalized spacial score (nSPS) is 10.8. The number of nitrogens with one attached hydrogen (secondary N) is 1. The average Bonchev–Trinajstić information content (AvgIpc) is 2.30. The van der Waals surface area contributed by atoms with Gasteiger partial charge in [-0.3, -0.25) is 5.43 Å². The van der Waals surface area contributed by atoms with Crippen LogP contribution < -0.4 is 5.43 Å². The lowest BCUT2D eigenvalue weighted by Crippen LogP contribution is -1.97. The molecule has 0 bridgehead atoms. The maximum absolute atomic E-state index is 5.99. The van der Waals surface area contributed by atoms with E-state index in [4.69, 9.17) is 23.2 Å². The highest BCUT2D eigenvalue weighted by Gasteiger charge is 1.98. The van der Waals surface area contributed by atoms with Crippen LogP contribution in [0.2, 0.25) is 10.2 Å². The lowest BCUT2D eigenvalue weighted by Gasteiger charge is -2.01. The van der Waals surface area contributed by atoms with Crippen molar-refractivity contribution in [1.29, 1.82) is 0 Å². The molecule has 0 unspecified atom stereocenters. The van der Waals surface area contributed by atoms with Crippen LogP contribution in [0, 0.1) is 6.92 Å². The summed E-state index contributed by atoms with van der Waals surface area (Å²) in [6.45, 7) is 1.76. The van der Waals surface area contributed by atoms with Gasteiger partial charge in [-0.25, -0.2) is 9.97 Å². The monoisotopic (exact) mass is 280 g/mol. The lowest BCUT2D eigenvalue weighted by atomic mass is 10.2. The summed E-state index contributed by atoms with van der Waals surface area (Å²) < 4.78 is 0. The highest BCUT2D eigenvalue weighted by atomic mass is 35.5. The van der Waals surface area contributed by atoms with Crippen molar-refractivity contribution in [3.63, 3.8) is 0 Å². The van der Waals surface area contributed by atoms with Crippen molar-refractivity contribution in [1.82, 2.24) is 9.97 Å². The Hall–Kier alpha value is -1.65. The molecule has 0 aliphatic carbocycles. The van der Waals surface area contributed by atoms with Gasteiger partial charge in [-0.15, -0.1) is 0 Å². The van der Waals surface area contributed by atoms with Gasteiger partial charge in [0.05, 0.1) is 6.21 Å². The second-order valence-corrected chi connectivity index (χ2v) is 4.31. The van der Waals surface area contributed by atoms with E-state index >= 15 is 0 Å². The van der Waals surface area contributed by atoms with E-state index < -0.39 is 0 Å². The van der Waals surface area contributed by atoms with E-state index in [1.807, 2.05) is 18.2 Å². The molecule has 0 saturated heterocycles. The Morgan fingerprint density at radius 1 is 1.22 bits per heavy atom. The summed E-state index contributed by atoms with van der Waals surface area (Å²) in [6.07, 6.45) is 1.62. The SMILES string of the molecule is Cc1nc(Cl)cc(N/N=C\c2ccccc2Cl)n1. The van der Waals surface area contributed by atoms with Gasteiger partial charge in [0, 0.05) is 16.7 Å². The maximum atomic E-state index is 5.99. The van der Waals surface area contributed by atoms with Crippen LogP contribution in [-0.4, -0.2) is 16.2 Å². The Balaban J connectivity index is 2.10. The van der Waals surface area contributed by atoms with Gasteiger partial charge in [-0.05, 0) is 13.0 Å². The van der Waals surface area contributed by atoms with E-state index in [9.17, 15) is 0 Å². The number of hydrogen-bond donors (Lipinski definition) is 1. The van der Waals surface area contributed by atoms with Gasteiger partial charge in [0.1, 0.15) is 11.0 Å². The van der Waals surface area contributed by atoms with Crippen LogP contribution in [0.3, 0.4) is 0 Å². The molecule has 1 N–H and O–H groups in total. The van der Waals surface area contributed by atoms with Crippen LogP contribution >= 0.6 is 23.2 Å². The summed E-state index contributed by atoms with van der Waals surface area (Å²) in [7, 11) is 0. The van der Waals surface area contributed by atoms with Crippen LogP contribution in [0.25, 0.3) is 0 Å². The molecule has 6 heteroatoms. The summed E-state index contributed by atoms with van der Waals surface area (Å²) >= 11 is 11.8. The smallest absolute Gasteiger partial charge is 0.151 e. The van der Waals surface area contributed by atoms with Gasteiger partial charge in [-0.1, -0.05) is 41.4 Å². The standard InChI is InChI=1S/C12H10Cl2N4/c1-8-16-11(14)6-12(17-8)18-15-7-9-4-2-3-5-10(9)13/h2-7H,1H3,(H,16,17,18)/b15-7-. The summed E-state index contributed by atoms with van der Waals surface area (Å²) in [6, 6.07) is 9.01. The number of halogens is 2. The number of anilines is 1. The number of hydrazone groups is 1. The summed E-state index contributed by atoms with van der Waals surface area (Å²) in [5, 5.41) is 5.06. The Morgan fingerprint density at radius 3 is 2.72 bits per heavy atom. The molecule has 0 spiro atoms. The van der Waals surface area contributed by atoms with Crippen LogP contribution in [0.1, 0.15) is 11.4 Å².